The number of nitrogens with zero attached hydrogens (tertiary/aromatic N) is 1. The van der Waals surface area contributed by atoms with Gasteiger partial charge in [-0.25, -0.2) is 0 Å². The average molecular weight is 260 g/mol. The van der Waals surface area contributed by atoms with Crippen LogP contribution >= 0.6 is 27.3 Å². The highest BCUT2D eigenvalue weighted by molar-refractivity contribution is 9.10. The molecule has 0 aliphatic heterocycles. The van der Waals surface area contributed by atoms with Gasteiger partial charge in [0.1, 0.15) is 4.88 Å². The summed E-state index contributed by atoms with van der Waals surface area (Å²) in [5.41, 5.74) is 0. The van der Waals surface area contributed by atoms with Crippen LogP contribution in [0.15, 0.2) is 15.9 Å². The smallest absolute Gasteiger partial charge is 0.265 e. The molecule has 1 aromatic heterocycles. The molecular formula is C9H10BrNOS. The van der Waals surface area contributed by atoms with Gasteiger partial charge in [-0.1, -0.05) is 0 Å². The molecule has 0 N–H and O–H groups in total. The van der Waals surface area contributed by atoms with Gasteiger partial charge >= 0.3 is 0 Å². The Morgan fingerprint density at radius 1 is 1.69 bits per heavy atom. The van der Waals surface area contributed by atoms with Crippen LogP contribution in [0.4, 0.5) is 0 Å². The maximum absolute atomic E-state index is 11.8. The number of amides is 1. The van der Waals surface area contributed by atoms with Crippen LogP contribution in [0.25, 0.3) is 0 Å². The molecule has 1 saturated carbocycles. The highest BCUT2D eigenvalue weighted by Crippen LogP contribution is 2.30. The third-order valence-electron chi connectivity index (χ3n) is 2.23. The molecule has 0 unspecified atom stereocenters. The predicted octanol–water partition coefficient (Wildman–Crippen LogP) is 2.75. The van der Waals surface area contributed by atoms with E-state index in [0.29, 0.717) is 6.04 Å². The molecule has 0 bridgehead atoms. The normalized spacial score (nSPS) is 15.8. The molecule has 1 heterocycles. The maximum atomic E-state index is 11.8. The van der Waals surface area contributed by atoms with Gasteiger partial charge in [-0.05, 0) is 40.2 Å². The Hall–Kier alpha value is -0.350. The van der Waals surface area contributed by atoms with Crippen molar-refractivity contribution in [2.24, 2.45) is 0 Å². The summed E-state index contributed by atoms with van der Waals surface area (Å²) in [5.74, 6) is 0.143. The molecule has 0 radical (unpaired) electrons. The molecule has 0 saturated heterocycles. The fraction of sp³-hybridized carbons (Fsp3) is 0.444. The minimum atomic E-state index is 0.143. The molecule has 1 aromatic rings. The van der Waals surface area contributed by atoms with Crippen molar-refractivity contribution >= 4 is 33.2 Å². The minimum absolute atomic E-state index is 0.143. The number of halogens is 1. The van der Waals surface area contributed by atoms with Crippen molar-refractivity contribution in [3.05, 3.63) is 20.8 Å². The lowest BCUT2D eigenvalue weighted by Gasteiger charge is -2.14. The topological polar surface area (TPSA) is 20.3 Å². The molecule has 0 atom stereocenters. The zero-order valence-corrected chi connectivity index (χ0v) is 9.69. The van der Waals surface area contributed by atoms with E-state index < -0.39 is 0 Å². The number of carbonyl (C=O) groups is 1. The van der Waals surface area contributed by atoms with Crippen LogP contribution in [-0.2, 0) is 0 Å². The summed E-state index contributed by atoms with van der Waals surface area (Å²) in [7, 11) is 1.88. The summed E-state index contributed by atoms with van der Waals surface area (Å²) in [6, 6.07) is 2.40. The number of thiophene rings is 1. The van der Waals surface area contributed by atoms with E-state index in [4.69, 9.17) is 0 Å². The van der Waals surface area contributed by atoms with Crippen LogP contribution in [0.1, 0.15) is 22.5 Å². The largest absolute Gasteiger partial charge is 0.338 e. The molecule has 70 valence electrons. The Balaban J connectivity index is 2.16. The second kappa shape index (κ2) is 3.42. The summed E-state index contributed by atoms with van der Waals surface area (Å²) < 4.78 is 0.912. The number of rotatable bonds is 2. The minimum Gasteiger partial charge on any atom is -0.338 e. The summed E-state index contributed by atoms with van der Waals surface area (Å²) in [5, 5.41) is 1.93. The van der Waals surface area contributed by atoms with E-state index in [1.54, 1.807) is 0 Å². The predicted molar refractivity (Wildman–Crippen MR) is 57.1 cm³/mol. The van der Waals surface area contributed by atoms with E-state index in [2.05, 4.69) is 15.9 Å². The van der Waals surface area contributed by atoms with Crippen LogP contribution < -0.4 is 0 Å². The molecule has 1 aliphatic rings. The van der Waals surface area contributed by atoms with Crippen LogP contribution in [0, 0.1) is 0 Å². The van der Waals surface area contributed by atoms with Crippen LogP contribution in [0.3, 0.4) is 0 Å². The first-order valence-electron chi connectivity index (χ1n) is 4.20. The first-order valence-corrected chi connectivity index (χ1v) is 5.87. The van der Waals surface area contributed by atoms with Gasteiger partial charge in [0.25, 0.3) is 5.91 Å². The van der Waals surface area contributed by atoms with Gasteiger partial charge in [0.2, 0.25) is 0 Å². The second-order valence-electron chi connectivity index (χ2n) is 3.24. The maximum Gasteiger partial charge on any atom is 0.265 e. The first kappa shape index (κ1) is 9.21. The Morgan fingerprint density at radius 2 is 2.38 bits per heavy atom. The third kappa shape index (κ3) is 1.79. The summed E-state index contributed by atoms with van der Waals surface area (Å²) in [6.07, 6.45) is 2.32. The van der Waals surface area contributed by atoms with Gasteiger partial charge in [0.15, 0.2) is 0 Å². The molecule has 2 nitrogen and oxygen atoms in total. The van der Waals surface area contributed by atoms with Crippen LogP contribution in [0.5, 0.6) is 0 Å². The van der Waals surface area contributed by atoms with Crippen molar-refractivity contribution in [1.82, 2.24) is 4.90 Å². The quantitative estimate of drug-likeness (QED) is 0.800. The lowest BCUT2D eigenvalue weighted by atomic mass is 10.4. The van der Waals surface area contributed by atoms with E-state index in [-0.39, 0.29) is 5.91 Å². The van der Waals surface area contributed by atoms with Gasteiger partial charge < -0.3 is 4.90 Å². The van der Waals surface area contributed by atoms with E-state index in [1.165, 1.54) is 11.3 Å². The molecule has 1 amide bonds. The van der Waals surface area contributed by atoms with E-state index in [9.17, 15) is 4.79 Å². The monoisotopic (exact) mass is 259 g/mol. The van der Waals surface area contributed by atoms with Gasteiger partial charge in [0, 0.05) is 17.6 Å². The first-order chi connectivity index (χ1) is 6.20. The fourth-order valence-corrected chi connectivity index (χ4v) is 2.76. The summed E-state index contributed by atoms with van der Waals surface area (Å²) in [4.78, 5) is 14.5. The van der Waals surface area contributed by atoms with Gasteiger partial charge in [-0.2, -0.15) is 0 Å². The van der Waals surface area contributed by atoms with Gasteiger partial charge in [0.05, 0.1) is 0 Å². The van der Waals surface area contributed by atoms with Gasteiger partial charge in [-0.15, -0.1) is 11.3 Å². The lowest BCUT2D eigenvalue weighted by Crippen LogP contribution is -2.28. The molecule has 0 spiro atoms. The van der Waals surface area contributed by atoms with Crippen molar-refractivity contribution in [3.63, 3.8) is 0 Å². The van der Waals surface area contributed by atoms with Crippen molar-refractivity contribution in [3.8, 4) is 0 Å². The Kier molecular flexibility index (Phi) is 2.43. The Bertz CT molecular complexity index is 332. The molecule has 0 aromatic carbocycles. The number of carbonyl (C=O) groups excluding carboxylic acids is 1. The number of hydrogen-bond acceptors (Lipinski definition) is 2. The fourth-order valence-electron chi connectivity index (χ4n) is 1.23. The molecule has 13 heavy (non-hydrogen) atoms. The highest BCUT2D eigenvalue weighted by Gasteiger charge is 2.31. The van der Waals surface area contributed by atoms with E-state index >= 15 is 0 Å². The molecule has 1 fully saturated rings. The molecule has 2 rings (SSSR count). The second-order valence-corrected chi connectivity index (χ2v) is 5.02. The molecular weight excluding hydrogens is 250 g/mol. The van der Waals surface area contributed by atoms with Crippen molar-refractivity contribution < 1.29 is 4.79 Å². The summed E-state index contributed by atoms with van der Waals surface area (Å²) in [6.45, 7) is 0. The van der Waals surface area contributed by atoms with E-state index in [0.717, 1.165) is 22.2 Å². The number of hydrogen-bond donors (Lipinski definition) is 0. The summed E-state index contributed by atoms with van der Waals surface area (Å²) >= 11 is 4.86. The van der Waals surface area contributed by atoms with E-state index in [1.807, 2.05) is 23.4 Å². The van der Waals surface area contributed by atoms with Crippen LogP contribution in [0.2, 0.25) is 0 Å². The van der Waals surface area contributed by atoms with Crippen molar-refractivity contribution in [1.29, 1.82) is 0 Å². The Labute approximate surface area is 89.7 Å². The molecule has 1 aliphatic carbocycles. The molecule has 4 heteroatoms. The Morgan fingerprint density at radius 3 is 2.85 bits per heavy atom. The standard InChI is InChI=1S/C9H10BrNOS/c1-11(6-2-3-6)9(12)8-7(10)4-5-13-8/h4-6H,2-3H2,1H3. The third-order valence-corrected chi connectivity index (χ3v) is 4.05. The average Bonchev–Trinajstić information content (AvgIpc) is 2.87. The highest BCUT2D eigenvalue weighted by atomic mass is 79.9. The van der Waals surface area contributed by atoms with Crippen molar-refractivity contribution in [2.45, 2.75) is 18.9 Å². The zero-order chi connectivity index (χ0) is 9.42. The lowest BCUT2D eigenvalue weighted by molar-refractivity contribution is 0.0789. The van der Waals surface area contributed by atoms with Crippen molar-refractivity contribution in [2.75, 3.05) is 7.05 Å². The van der Waals surface area contributed by atoms with Crippen LogP contribution in [-0.4, -0.2) is 23.9 Å². The SMILES string of the molecule is CN(C(=O)c1sccc1Br)C1CC1. The zero-order valence-electron chi connectivity index (χ0n) is 7.29. The van der Waals surface area contributed by atoms with Gasteiger partial charge in [-0.3, -0.25) is 4.79 Å².